The maximum absolute atomic E-state index is 6.46. The van der Waals surface area contributed by atoms with E-state index in [1.807, 2.05) is 12.1 Å². The lowest BCUT2D eigenvalue weighted by Crippen LogP contribution is -2.10. The first-order valence-corrected chi connectivity index (χ1v) is 20.6. The van der Waals surface area contributed by atoms with Crippen molar-refractivity contribution in [2.24, 2.45) is 0 Å². The van der Waals surface area contributed by atoms with Gasteiger partial charge in [-0.3, -0.25) is 0 Å². The molecule has 12 aromatic rings. The summed E-state index contributed by atoms with van der Waals surface area (Å²) in [6.45, 7) is 0. The van der Waals surface area contributed by atoms with Gasteiger partial charge in [0.05, 0.1) is 5.69 Å². The van der Waals surface area contributed by atoms with Gasteiger partial charge in [0.15, 0.2) is 0 Å². The predicted octanol–water partition coefficient (Wildman–Crippen LogP) is 16.7. The molecule has 1 aromatic heterocycles. The minimum atomic E-state index is 0.905. The fraction of sp³-hybridized carbons (Fsp3) is 0. The third kappa shape index (κ3) is 5.50. The first-order valence-electron chi connectivity index (χ1n) is 20.6. The number of fused-ring (bicyclic) bond motifs is 8. The van der Waals surface area contributed by atoms with E-state index in [2.05, 4.69) is 217 Å². The van der Waals surface area contributed by atoms with E-state index < -0.39 is 0 Å². The Morgan fingerprint density at radius 2 is 0.817 bits per heavy atom. The fourth-order valence-corrected chi connectivity index (χ4v) is 9.45. The lowest BCUT2D eigenvalue weighted by atomic mass is 9.87. The predicted molar refractivity (Wildman–Crippen MR) is 255 cm³/mol. The molecule has 0 unspecified atom stereocenters. The molecule has 2 heteroatoms. The Bertz CT molecular complexity index is 3590. The summed E-state index contributed by atoms with van der Waals surface area (Å²) in [7, 11) is 0. The van der Waals surface area contributed by atoms with Crippen LogP contribution >= 0.6 is 0 Å². The molecular formula is C58H37NO. The van der Waals surface area contributed by atoms with Crippen molar-refractivity contribution in [1.29, 1.82) is 0 Å². The zero-order chi connectivity index (χ0) is 39.6. The summed E-state index contributed by atoms with van der Waals surface area (Å²) in [5.74, 6) is 0. The van der Waals surface area contributed by atoms with E-state index in [9.17, 15) is 0 Å². The summed E-state index contributed by atoms with van der Waals surface area (Å²) in [6, 6.07) is 81.3. The average Bonchev–Trinajstić information content (AvgIpc) is 3.71. The minimum Gasteiger partial charge on any atom is -0.455 e. The molecule has 0 amide bonds. The highest BCUT2D eigenvalue weighted by atomic mass is 16.3. The summed E-state index contributed by atoms with van der Waals surface area (Å²) < 4.78 is 6.46. The second kappa shape index (κ2) is 13.9. The molecule has 0 aliphatic rings. The summed E-state index contributed by atoms with van der Waals surface area (Å²) in [6.07, 6.45) is 0. The Balaban J connectivity index is 1.03. The highest BCUT2D eigenvalue weighted by molar-refractivity contribution is 6.15. The number of nitrogens with zero attached hydrogens (tertiary/aromatic N) is 1. The lowest BCUT2D eigenvalue weighted by Gasteiger charge is -2.28. The van der Waals surface area contributed by atoms with Crippen molar-refractivity contribution < 1.29 is 4.42 Å². The number of furan rings is 1. The topological polar surface area (TPSA) is 16.4 Å². The molecule has 11 aromatic carbocycles. The van der Waals surface area contributed by atoms with Gasteiger partial charge < -0.3 is 9.32 Å². The molecule has 0 radical (unpaired) electrons. The molecule has 0 fully saturated rings. The number of hydrogen-bond acceptors (Lipinski definition) is 2. The molecule has 0 saturated carbocycles. The molecule has 2 nitrogen and oxygen atoms in total. The van der Waals surface area contributed by atoms with Crippen molar-refractivity contribution in [3.63, 3.8) is 0 Å². The van der Waals surface area contributed by atoms with Crippen molar-refractivity contribution in [3.05, 3.63) is 224 Å². The highest BCUT2D eigenvalue weighted by Crippen LogP contribution is 2.45. The zero-order valence-corrected chi connectivity index (χ0v) is 32.7. The van der Waals surface area contributed by atoms with Gasteiger partial charge in [-0.15, -0.1) is 0 Å². The quantitative estimate of drug-likeness (QED) is 0.157. The van der Waals surface area contributed by atoms with E-state index in [1.165, 1.54) is 65.3 Å². The second-order valence-electron chi connectivity index (χ2n) is 15.6. The van der Waals surface area contributed by atoms with Gasteiger partial charge in [0.2, 0.25) is 0 Å². The van der Waals surface area contributed by atoms with E-state index >= 15 is 0 Å². The largest absolute Gasteiger partial charge is 0.455 e. The van der Waals surface area contributed by atoms with Crippen LogP contribution in [-0.2, 0) is 0 Å². The van der Waals surface area contributed by atoms with Crippen LogP contribution in [0.1, 0.15) is 0 Å². The molecule has 0 N–H and O–H groups in total. The Hall–Kier alpha value is -7.94. The monoisotopic (exact) mass is 763 g/mol. The van der Waals surface area contributed by atoms with Gasteiger partial charge in [-0.2, -0.15) is 0 Å². The molecule has 280 valence electrons. The van der Waals surface area contributed by atoms with Crippen LogP contribution in [0.5, 0.6) is 0 Å². The third-order valence-corrected chi connectivity index (χ3v) is 12.3. The van der Waals surface area contributed by atoms with Crippen LogP contribution in [0, 0.1) is 0 Å². The van der Waals surface area contributed by atoms with Crippen LogP contribution in [0.4, 0.5) is 17.1 Å². The summed E-state index contributed by atoms with van der Waals surface area (Å²) in [4.78, 5) is 2.41. The van der Waals surface area contributed by atoms with Gasteiger partial charge in [-0.25, -0.2) is 0 Å². The molecular weight excluding hydrogens is 727 g/mol. The van der Waals surface area contributed by atoms with Gasteiger partial charge in [0, 0.05) is 33.1 Å². The Kier molecular flexibility index (Phi) is 7.89. The van der Waals surface area contributed by atoms with E-state index in [1.54, 1.807) is 0 Å². The number of hydrogen-bond donors (Lipinski definition) is 0. The zero-order valence-electron chi connectivity index (χ0n) is 32.7. The van der Waals surface area contributed by atoms with Gasteiger partial charge in [0.1, 0.15) is 11.2 Å². The van der Waals surface area contributed by atoms with Crippen molar-refractivity contribution in [3.8, 4) is 33.4 Å². The molecule has 0 saturated heterocycles. The van der Waals surface area contributed by atoms with Crippen LogP contribution < -0.4 is 4.90 Å². The highest BCUT2D eigenvalue weighted by Gasteiger charge is 2.20. The molecule has 60 heavy (non-hydrogen) atoms. The van der Waals surface area contributed by atoms with Crippen LogP contribution in [0.25, 0.3) is 98.4 Å². The molecule has 0 aliphatic heterocycles. The van der Waals surface area contributed by atoms with Crippen LogP contribution in [0.3, 0.4) is 0 Å². The van der Waals surface area contributed by atoms with E-state index in [4.69, 9.17) is 4.42 Å². The first-order chi connectivity index (χ1) is 29.8. The summed E-state index contributed by atoms with van der Waals surface area (Å²) in [5, 5.41) is 12.1. The Labute approximate surface area is 347 Å². The van der Waals surface area contributed by atoms with Gasteiger partial charge >= 0.3 is 0 Å². The van der Waals surface area contributed by atoms with E-state index in [-0.39, 0.29) is 0 Å². The normalized spacial score (nSPS) is 11.7. The minimum absolute atomic E-state index is 0.905. The van der Waals surface area contributed by atoms with Gasteiger partial charge in [-0.05, 0) is 102 Å². The van der Waals surface area contributed by atoms with Crippen LogP contribution in [0.15, 0.2) is 229 Å². The average molecular weight is 764 g/mol. The SMILES string of the molecule is c1ccc2c(-c3c(-c4ccc(N(c5ccc(-c6cccc7c6oc6ccccc67)cc5)c5cc6ccccc6c6ccccc56)cc4)ccc4ccccc34)cccc2c1. The maximum atomic E-state index is 6.46. The van der Waals surface area contributed by atoms with Crippen LogP contribution in [0.2, 0.25) is 0 Å². The lowest BCUT2D eigenvalue weighted by molar-refractivity contribution is 0.670. The Morgan fingerprint density at radius 3 is 1.57 bits per heavy atom. The van der Waals surface area contributed by atoms with E-state index in [0.717, 1.165) is 50.1 Å². The van der Waals surface area contributed by atoms with Gasteiger partial charge in [-0.1, -0.05) is 188 Å². The molecule has 0 bridgehead atoms. The number of rotatable bonds is 6. The number of anilines is 3. The molecule has 0 atom stereocenters. The van der Waals surface area contributed by atoms with Crippen LogP contribution in [-0.4, -0.2) is 0 Å². The standard InChI is InChI=1S/C58H37NO/c1-4-17-45-38(13-1)16-11-24-53(45)57-47-19-6-2-14-39(47)31-36-48(57)40-27-32-43(33-28-40)59(55-37-42-15-3-5-18-46(42)50-20-7-8-21-51(50)55)44-34-29-41(30-35-44)49-23-12-25-54-52-22-9-10-26-56(52)60-58(49)54/h1-37H. The molecule has 0 spiro atoms. The van der Waals surface area contributed by atoms with Crippen molar-refractivity contribution in [2.75, 3.05) is 4.90 Å². The smallest absolute Gasteiger partial charge is 0.143 e. The number of para-hydroxylation sites is 2. The summed E-state index contributed by atoms with van der Waals surface area (Å²) in [5.41, 5.74) is 12.2. The molecule has 0 aliphatic carbocycles. The molecule has 1 heterocycles. The fourth-order valence-electron chi connectivity index (χ4n) is 9.45. The number of benzene rings is 11. The molecule has 12 rings (SSSR count). The first kappa shape index (κ1) is 34.1. The third-order valence-electron chi connectivity index (χ3n) is 12.3. The Morgan fingerprint density at radius 1 is 0.300 bits per heavy atom. The van der Waals surface area contributed by atoms with Crippen molar-refractivity contribution >= 4 is 82.1 Å². The van der Waals surface area contributed by atoms with Crippen molar-refractivity contribution in [1.82, 2.24) is 0 Å². The maximum Gasteiger partial charge on any atom is 0.143 e. The van der Waals surface area contributed by atoms with Gasteiger partial charge in [0.25, 0.3) is 0 Å². The van der Waals surface area contributed by atoms with E-state index in [0.29, 0.717) is 0 Å². The summed E-state index contributed by atoms with van der Waals surface area (Å²) >= 11 is 0. The van der Waals surface area contributed by atoms with Crippen molar-refractivity contribution in [2.45, 2.75) is 0 Å². The second-order valence-corrected chi connectivity index (χ2v) is 15.6.